The fraction of sp³-hybridized carbons (Fsp3) is 0.500. The fourth-order valence-corrected chi connectivity index (χ4v) is 1.50. The number of hydrogen-bond acceptors (Lipinski definition) is 5. The number of nitrogens with two attached hydrogens (primary N) is 1. The molecule has 0 saturated carbocycles. The summed E-state index contributed by atoms with van der Waals surface area (Å²) in [5.74, 6) is 0.750. The van der Waals surface area contributed by atoms with E-state index in [0.29, 0.717) is 6.54 Å². The highest BCUT2D eigenvalue weighted by molar-refractivity contribution is 5.01. The van der Waals surface area contributed by atoms with Crippen molar-refractivity contribution in [3.8, 4) is 0 Å². The maximum Gasteiger partial charge on any atom is 0.158 e. The molecule has 6 heteroatoms. The van der Waals surface area contributed by atoms with Gasteiger partial charge in [-0.15, -0.1) is 5.10 Å². The van der Waals surface area contributed by atoms with Crippen LogP contribution in [0, 0.1) is 0 Å². The van der Waals surface area contributed by atoms with Crippen LogP contribution in [0.2, 0.25) is 0 Å². The van der Waals surface area contributed by atoms with Crippen LogP contribution in [-0.4, -0.2) is 20.2 Å². The summed E-state index contributed by atoms with van der Waals surface area (Å²) < 4.78 is 6.68. The van der Waals surface area contributed by atoms with Gasteiger partial charge in [0, 0.05) is 6.07 Å². The van der Waals surface area contributed by atoms with Crippen molar-refractivity contribution in [3.63, 3.8) is 0 Å². The first-order valence-corrected chi connectivity index (χ1v) is 5.34. The summed E-state index contributed by atoms with van der Waals surface area (Å²) in [6.07, 6.45) is 5.41. The zero-order chi connectivity index (χ0) is 11.4. The Hall–Kier alpha value is -1.69. The Kier molecular flexibility index (Phi) is 3.31. The summed E-state index contributed by atoms with van der Waals surface area (Å²) in [5.41, 5.74) is 6.76. The molecule has 0 saturated heterocycles. The van der Waals surface area contributed by atoms with Gasteiger partial charge < -0.3 is 10.3 Å². The van der Waals surface area contributed by atoms with Crippen LogP contribution in [-0.2, 0) is 6.54 Å². The summed E-state index contributed by atoms with van der Waals surface area (Å²) in [7, 11) is 0. The van der Waals surface area contributed by atoms with Crippen molar-refractivity contribution in [1.82, 2.24) is 20.2 Å². The molecule has 0 aliphatic rings. The lowest BCUT2D eigenvalue weighted by atomic mass is 10.1. The van der Waals surface area contributed by atoms with Gasteiger partial charge in [-0.2, -0.15) is 0 Å². The normalized spacial score (nSPS) is 12.9. The van der Waals surface area contributed by atoms with E-state index in [2.05, 4.69) is 22.4 Å². The molecule has 0 fully saturated rings. The van der Waals surface area contributed by atoms with Gasteiger partial charge in [0.15, 0.2) is 5.76 Å². The molecule has 0 spiro atoms. The zero-order valence-electron chi connectivity index (χ0n) is 9.21. The molecule has 0 bridgehead atoms. The van der Waals surface area contributed by atoms with E-state index in [1.165, 1.54) is 0 Å². The number of nitrogens with zero attached hydrogens (tertiary/aromatic N) is 4. The van der Waals surface area contributed by atoms with E-state index in [-0.39, 0.29) is 6.04 Å². The second kappa shape index (κ2) is 4.89. The largest absolute Gasteiger partial charge is 0.359 e. The van der Waals surface area contributed by atoms with Gasteiger partial charge in [-0.1, -0.05) is 23.7 Å². The second-order valence-corrected chi connectivity index (χ2v) is 3.71. The van der Waals surface area contributed by atoms with Crippen molar-refractivity contribution < 1.29 is 4.52 Å². The first-order chi connectivity index (χ1) is 7.79. The van der Waals surface area contributed by atoms with Crippen LogP contribution in [0.1, 0.15) is 37.3 Å². The lowest BCUT2D eigenvalue weighted by molar-refractivity contribution is 0.370. The van der Waals surface area contributed by atoms with E-state index in [4.69, 9.17) is 10.3 Å². The monoisotopic (exact) mass is 221 g/mol. The highest BCUT2D eigenvalue weighted by Gasteiger charge is 2.10. The van der Waals surface area contributed by atoms with Crippen LogP contribution in [0.15, 0.2) is 23.0 Å². The van der Waals surface area contributed by atoms with Crippen molar-refractivity contribution >= 4 is 0 Å². The number of rotatable bonds is 5. The van der Waals surface area contributed by atoms with Gasteiger partial charge in [-0.05, 0) is 6.42 Å². The van der Waals surface area contributed by atoms with Crippen molar-refractivity contribution in [3.05, 3.63) is 29.9 Å². The average molecular weight is 221 g/mol. The average Bonchev–Trinajstić information content (AvgIpc) is 2.90. The predicted molar refractivity (Wildman–Crippen MR) is 57.5 cm³/mol. The Balaban J connectivity index is 2.02. The Bertz CT molecular complexity index is 422. The molecule has 0 aliphatic heterocycles. The van der Waals surface area contributed by atoms with E-state index >= 15 is 0 Å². The molecule has 0 radical (unpaired) electrons. The summed E-state index contributed by atoms with van der Waals surface area (Å²) in [4.78, 5) is 0. The Morgan fingerprint density at radius 3 is 3.12 bits per heavy atom. The maximum atomic E-state index is 5.94. The standard InChI is InChI=1S/C10H15N5O/c1-2-3-9(11)10-7-15(14-13-10)6-8-4-5-12-16-8/h4-5,7,9H,2-3,6,11H2,1H3. The van der Waals surface area contributed by atoms with Gasteiger partial charge in [-0.3, -0.25) is 0 Å². The molecular weight excluding hydrogens is 206 g/mol. The topological polar surface area (TPSA) is 82.8 Å². The van der Waals surface area contributed by atoms with Crippen LogP contribution in [0.5, 0.6) is 0 Å². The minimum Gasteiger partial charge on any atom is -0.359 e. The number of hydrogen-bond donors (Lipinski definition) is 1. The number of aromatic nitrogens is 4. The maximum absolute atomic E-state index is 5.94. The van der Waals surface area contributed by atoms with E-state index in [9.17, 15) is 0 Å². The molecule has 0 aromatic carbocycles. The zero-order valence-corrected chi connectivity index (χ0v) is 9.21. The van der Waals surface area contributed by atoms with Crippen LogP contribution in [0.3, 0.4) is 0 Å². The molecule has 2 N–H and O–H groups in total. The quantitative estimate of drug-likeness (QED) is 0.817. The van der Waals surface area contributed by atoms with Crippen LogP contribution in [0.4, 0.5) is 0 Å². The molecule has 0 aliphatic carbocycles. The molecular formula is C10H15N5O. The predicted octanol–water partition coefficient (Wildman–Crippen LogP) is 1.11. The van der Waals surface area contributed by atoms with Gasteiger partial charge in [-0.25, -0.2) is 4.68 Å². The van der Waals surface area contributed by atoms with Gasteiger partial charge in [0.25, 0.3) is 0 Å². The van der Waals surface area contributed by atoms with Crippen LogP contribution < -0.4 is 5.73 Å². The summed E-state index contributed by atoms with van der Waals surface area (Å²) >= 11 is 0. The molecule has 86 valence electrons. The first-order valence-electron chi connectivity index (χ1n) is 5.34. The highest BCUT2D eigenvalue weighted by atomic mass is 16.5. The summed E-state index contributed by atoms with van der Waals surface area (Å²) in [6, 6.07) is 1.77. The molecule has 2 aromatic heterocycles. The third-order valence-corrected chi connectivity index (χ3v) is 2.35. The molecule has 2 rings (SSSR count). The minimum absolute atomic E-state index is 0.0338. The lowest BCUT2D eigenvalue weighted by Gasteiger charge is -2.04. The molecule has 6 nitrogen and oxygen atoms in total. The van der Waals surface area contributed by atoms with Crippen molar-refractivity contribution in [2.45, 2.75) is 32.4 Å². The van der Waals surface area contributed by atoms with Gasteiger partial charge in [0.05, 0.1) is 24.1 Å². The van der Waals surface area contributed by atoms with E-state index in [0.717, 1.165) is 24.3 Å². The highest BCUT2D eigenvalue weighted by Crippen LogP contribution is 2.12. The molecule has 0 amide bonds. The van der Waals surface area contributed by atoms with Gasteiger partial charge in [0.1, 0.15) is 6.54 Å². The van der Waals surface area contributed by atoms with Crippen molar-refractivity contribution in [2.75, 3.05) is 0 Å². The Labute approximate surface area is 93.4 Å². The van der Waals surface area contributed by atoms with Gasteiger partial charge in [0.2, 0.25) is 0 Å². The van der Waals surface area contributed by atoms with E-state index in [1.54, 1.807) is 16.9 Å². The third-order valence-electron chi connectivity index (χ3n) is 2.35. The van der Waals surface area contributed by atoms with E-state index < -0.39 is 0 Å². The van der Waals surface area contributed by atoms with Crippen LogP contribution >= 0.6 is 0 Å². The SMILES string of the molecule is CCCC(N)c1cn(Cc2ccno2)nn1. The molecule has 2 aromatic rings. The van der Waals surface area contributed by atoms with Crippen molar-refractivity contribution in [1.29, 1.82) is 0 Å². The minimum atomic E-state index is -0.0338. The molecule has 1 unspecified atom stereocenters. The van der Waals surface area contributed by atoms with Gasteiger partial charge >= 0.3 is 0 Å². The molecule has 2 heterocycles. The van der Waals surface area contributed by atoms with E-state index in [1.807, 2.05) is 6.20 Å². The third kappa shape index (κ3) is 2.46. The molecule has 16 heavy (non-hydrogen) atoms. The summed E-state index contributed by atoms with van der Waals surface area (Å²) in [5, 5.41) is 11.7. The smallest absolute Gasteiger partial charge is 0.158 e. The second-order valence-electron chi connectivity index (χ2n) is 3.71. The van der Waals surface area contributed by atoms with Crippen LogP contribution in [0.25, 0.3) is 0 Å². The molecule has 1 atom stereocenters. The van der Waals surface area contributed by atoms with Crippen molar-refractivity contribution in [2.24, 2.45) is 5.73 Å². The Morgan fingerprint density at radius 1 is 1.56 bits per heavy atom. The Morgan fingerprint density at radius 2 is 2.44 bits per heavy atom. The fourth-order valence-electron chi connectivity index (χ4n) is 1.50. The lowest BCUT2D eigenvalue weighted by Crippen LogP contribution is -2.10. The summed E-state index contributed by atoms with van der Waals surface area (Å²) in [6.45, 7) is 2.63. The first kappa shape index (κ1) is 10.8.